The van der Waals surface area contributed by atoms with E-state index in [9.17, 15) is 44.1 Å². The van der Waals surface area contributed by atoms with E-state index in [1.165, 1.54) is 18.9 Å². The van der Waals surface area contributed by atoms with Crippen molar-refractivity contribution >= 4 is 35.3 Å². The number of fused-ring (bicyclic) bond motifs is 3. The Morgan fingerprint density at radius 2 is 1.34 bits per heavy atom. The van der Waals surface area contributed by atoms with Gasteiger partial charge in [0.2, 0.25) is 5.79 Å². The predicted molar refractivity (Wildman–Crippen MR) is 339 cm³/mol. The summed E-state index contributed by atoms with van der Waals surface area (Å²) in [5, 5.41) is 38.5. The summed E-state index contributed by atoms with van der Waals surface area (Å²) in [6.45, 7) is 19.2. The molecule has 4 rings (SSSR count). The Hall–Kier alpha value is -4.34. The molecule has 3 aliphatic heterocycles. The molecule has 16 atom stereocenters. The zero-order valence-corrected chi connectivity index (χ0v) is 56.4. The summed E-state index contributed by atoms with van der Waals surface area (Å²) in [6, 6.07) is -1.17. The number of ether oxygens (including phenoxy) is 12. The molecule has 23 heteroatoms. The number of alkyl carbamates (subject to hydrolysis) is 1. The highest BCUT2D eigenvalue weighted by Gasteiger charge is 2.53. The van der Waals surface area contributed by atoms with Crippen molar-refractivity contribution in [3.05, 3.63) is 47.6 Å². The molecule has 1 saturated carbocycles. The molecule has 91 heavy (non-hydrogen) atoms. The number of rotatable bonds is 28. The molecule has 2 bridgehead atoms. The molecule has 0 aromatic rings. The molecule has 0 radical (unpaired) electrons. The van der Waals surface area contributed by atoms with Crippen LogP contribution in [0.3, 0.4) is 0 Å². The number of carbonyl (C=O) groups is 6. The fourth-order valence-corrected chi connectivity index (χ4v) is 12.2. The normalized spacial score (nSPS) is 32.9. The lowest BCUT2D eigenvalue weighted by Gasteiger charge is -2.43. The van der Waals surface area contributed by atoms with Crippen LogP contribution >= 0.6 is 0 Å². The quantitative estimate of drug-likeness (QED) is 0.0271. The summed E-state index contributed by atoms with van der Waals surface area (Å²) in [6.07, 6.45) is 9.56. The fraction of sp³-hybridized carbons (Fsp3) is 0.794. The maximum absolute atomic E-state index is 14.7. The third-order valence-corrected chi connectivity index (χ3v) is 17.9. The number of ketones is 3. The molecule has 0 unspecified atom stereocenters. The second-order valence-corrected chi connectivity index (χ2v) is 25.2. The predicted octanol–water partition coefficient (Wildman–Crippen LogP) is 6.79. The van der Waals surface area contributed by atoms with Crippen LogP contribution < -0.4 is 5.32 Å². The zero-order chi connectivity index (χ0) is 66.9. The number of allylic oxidation sites excluding steroid dienone is 5. The molecular formula is C68H112N2O21. The van der Waals surface area contributed by atoms with E-state index in [2.05, 4.69) is 5.32 Å². The second kappa shape index (κ2) is 42.9. The standard InChI is InChI=1S/C68H112N2O21/c1-45-17-13-12-14-18-46(2)58(80-9)43-54-22-20-51(7)68(79,91-54)64(75)65(76)70-26-16-15-19-55(70)66(77)89-59(44-56(72)47(3)40-50(6)62(74)63(82-11)61(73)49(5)39-45)48(4)41-53-21-23-57(60(42-53)81-10)90-67(78)69-25-28-84-30-32-86-34-36-88-38-37-87-35-33-85-31-29-83-27-24-52(8)71/h12-14,17-18,40,45,47-49,51,53-60,62-63,72,74,79H,15-16,19-39,41-44H2,1-11H3,(H,69,78)/b14-12+,17-13+,46-18+,50-40+/t45-,47-,48-,49-,51-,53+,54+,55+,56-,57-,58+,59+,60-,62-,63+,68-/m1/s1. The largest absolute Gasteiger partial charge is 0.460 e. The minimum atomic E-state index is -2.46. The van der Waals surface area contributed by atoms with Crippen LogP contribution in [0.5, 0.6) is 0 Å². The fourth-order valence-electron chi connectivity index (χ4n) is 12.2. The number of hydrogen-bond donors (Lipinski definition) is 4. The number of methoxy groups -OCH3 is 3. The van der Waals surface area contributed by atoms with Gasteiger partial charge in [-0.15, -0.1) is 0 Å². The van der Waals surface area contributed by atoms with Gasteiger partial charge in [0.25, 0.3) is 11.7 Å². The maximum atomic E-state index is 14.7. The van der Waals surface area contributed by atoms with E-state index in [0.29, 0.717) is 149 Å². The number of esters is 1. The lowest BCUT2D eigenvalue weighted by molar-refractivity contribution is -0.265. The van der Waals surface area contributed by atoms with E-state index in [1.807, 2.05) is 58.1 Å². The Labute approximate surface area is 540 Å². The Balaban J connectivity index is 1.38. The number of nitrogens with zero attached hydrogens (tertiary/aromatic N) is 1. The first-order valence-corrected chi connectivity index (χ1v) is 33.1. The van der Waals surface area contributed by atoms with Crippen molar-refractivity contribution in [3.8, 4) is 0 Å². The highest BCUT2D eigenvalue weighted by molar-refractivity contribution is 6.39. The first-order chi connectivity index (χ1) is 43.5. The first kappa shape index (κ1) is 79.1. The van der Waals surface area contributed by atoms with Gasteiger partial charge < -0.3 is 82.4 Å². The van der Waals surface area contributed by atoms with Crippen LogP contribution in [0, 0.1) is 35.5 Å². The van der Waals surface area contributed by atoms with E-state index in [4.69, 9.17) is 56.8 Å². The van der Waals surface area contributed by atoms with Crippen molar-refractivity contribution in [2.24, 2.45) is 35.5 Å². The lowest BCUT2D eigenvalue weighted by atomic mass is 9.78. The van der Waals surface area contributed by atoms with Gasteiger partial charge in [0.05, 0.1) is 104 Å². The van der Waals surface area contributed by atoms with Gasteiger partial charge in [-0.1, -0.05) is 71.1 Å². The minimum absolute atomic E-state index is 0.00102. The van der Waals surface area contributed by atoms with Crippen LogP contribution in [0.25, 0.3) is 0 Å². The first-order valence-electron chi connectivity index (χ1n) is 33.1. The van der Waals surface area contributed by atoms with E-state index in [0.717, 1.165) is 5.57 Å². The van der Waals surface area contributed by atoms with Gasteiger partial charge in [0.15, 0.2) is 5.78 Å². The number of piperidine rings is 1. The molecule has 0 aromatic carbocycles. The number of aliphatic hydroxyl groups is 3. The van der Waals surface area contributed by atoms with Crippen molar-refractivity contribution in [2.45, 2.75) is 200 Å². The van der Waals surface area contributed by atoms with Crippen LogP contribution in [-0.4, -0.2) is 230 Å². The SMILES string of the molecule is CO[C@H]1C[C@@H]2CC[C@@H](C)[C@@](O)(O2)C(=O)C(=O)N2CCCC[C@H]2C(=O)O[C@H]([C@H](C)C[C@@H]2CC[C@@H](OC(=O)NCCOCCOCCOCCOCCOCCOCCC(C)=O)[C@H](OC)C2)C[C@@H](O)[C@H](C)/C=C(\C)[C@@H](O)[C@@H](OC)C(=O)[C@H](C)C[C@H](C)/C=C/C=C/C=C/1C. The summed E-state index contributed by atoms with van der Waals surface area (Å²) in [5.41, 5.74) is 1.28. The number of nitrogens with one attached hydrogen (secondary N) is 1. The summed E-state index contributed by atoms with van der Waals surface area (Å²) >= 11 is 0. The third-order valence-electron chi connectivity index (χ3n) is 17.9. The average Bonchev–Trinajstić information content (AvgIpc) is 0.827. The summed E-state index contributed by atoms with van der Waals surface area (Å²) in [4.78, 5) is 82.6. The summed E-state index contributed by atoms with van der Waals surface area (Å²) < 4.78 is 68.8. The minimum Gasteiger partial charge on any atom is -0.460 e. The molecule has 3 fully saturated rings. The molecular weight excluding hydrogens is 1180 g/mol. The topological polar surface area (TPSA) is 289 Å². The number of Topliss-reactive ketones (excluding diaryl/α,β-unsaturated/α-hetero) is 3. The average molecular weight is 1290 g/mol. The van der Waals surface area contributed by atoms with Gasteiger partial charge in [-0.25, -0.2) is 9.59 Å². The van der Waals surface area contributed by atoms with Gasteiger partial charge in [0, 0.05) is 71.4 Å². The summed E-state index contributed by atoms with van der Waals surface area (Å²) in [5.74, 6) is -7.72. The van der Waals surface area contributed by atoms with Gasteiger partial charge in [-0.2, -0.15) is 0 Å². The highest BCUT2D eigenvalue weighted by atomic mass is 16.6. The van der Waals surface area contributed by atoms with Gasteiger partial charge in [-0.05, 0) is 114 Å². The van der Waals surface area contributed by atoms with Gasteiger partial charge in [0.1, 0.15) is 36.2 Å². The van der Waals surface area contributed by atoms with Crippen LogP contribution in [0.4, 0.5) is 4.79 Å². The van der Waals surface area contributed by atoms with Crippen LogP contribution in [0.2, 0.25) is 0 Å². The smallest absolute Gasteiger partial charge is 0.407 e. The van der Waals surface area contributed by atoms with Crippen LogP contribution in [0.15, 0.2) is 47.6 Å². The van der Waals surface area contributed by atoms with Gasteiger partial charge in [-0.3, -0.25) is 19.2 Å². The molecule has 23 nitrogen and oxygen atoms in total. The number of aliphatic hydroxyl groups excluding tert-OH is 2. The number of cyclic esters (lactones) is 1. The van der Waals surface area contributed by atoms with Crippen LogP contribution in [0.1, 0.15) is 139 Å². The van der Waals surface area contributed by atoms with Crippen molar-refractivity contribution in [3.63, 3.8) is 0 Å². The van der Waals surface area contributed by atoms with Crippen molar-refractivity contribution in [1.82, 2.24) is 10.2 Å². The van der Waals surface area contributed by atoms with Gasteiger partial charge >= 0.3 is 12.1 Å². The van der Waals surface area contributed by atoms with E-state index in [-0.39, 0.29) is 61.9 Å². The van der Waals surface area contributed by atoms with E-state index >= 15 is 0 Å². The van der Waals surface area contributed by atoms with E-state index < -0.39 is 102 Å². The lowest BCUT2D eigenvalue weighted by Crippen LogP contribution is -2.61. The van der Waals surface area contributed by atoms with Crippen molar-refractivity contribution < 1.29 is 101 Å². The summed E-state index contributed by atoms with van der Waals surface area (Å²) in [7, 11) is 4.52. The van der Waals surface area contributed by atoms with Crippen LogP contribution in [-0.2, 0) is 80.8 Å². The molecule has 2 amide bonds. The molecule has 4 N–H and O–H groups in total. The zero-order valence-electron chi connectivity index (χ0n) is 56.4. The molecule has 3 heterocycles. The monoisotopic (exact) mass is 1290 g/mol. The second-order valence-electron chi connectivity index (χ2n) is 25.2. The Bertz CT molecular complexity index is 2310. The Morgan fingerprint density at radius 1 is 0.714 bits per heavy atom. The van der Waals surface area contributed by atoms with E-state index in [1.54, 1.807) is 41.1 Å². The molecule has 1 aliphatic carbocycles. The molecule has 4 aliphatic rings. The molecule has 520 valence electrons. The van der Waals surface area contributed by atoms with Crippen molar-refractivity contribution in [2.75, 3.05) is 114 Å². The van der Waals surface area contributed by atoms with Crippen molar-refractivity contribution in [1.29, 1.82) is 0 Å². The maximum Gasteiger partial charge on any atom is 0.407 e. The number of amides is 2. The molecule has 0 aromatic heterocycles. The Kier molecular flexibility index (Phi) is 37.3. The highest BCUT2D eigenvalue weighted by Crippen LogP contribution is 2.38. The number of hydrogen-bond acceptors (Lipinski definition) is 21. The third kappa shape index (κ3) is 27.5. The number of carbonyl (C=O) groups excluding carboxylic acids is 6. The molecule has 0 spiro atoms. The molecule has 2 saturated heterocycles. The Morgan fingerprint density at radius 3 is 1.95 bits per heavy atom.